The van der Waals surface area contributed by atoms with Crippen LogP contribution in [0.4, 0.5) is 0 Å². The summed E-state index contributed by atoms with van der Waals surface area (Å²) < 4.78 is 12.5. The number of halogens is 1. The van der Waals surface area contributed by atoms with Gasteiger partial charge in [-0.1, -0.05) is 28.1 Å². The number of hydrogen-bond acceptors (Lipinski definition) is 3. The molecule has 0 saturated carbocycles. The highest BCUT2D eigenvalue weighted by molar-refractivity contribution is 9.10. The van der Waals surface area contributed by atoms with E-state index in [1.165, 1.54) is 0 Å². The van der Waals surface area contributed by atoms with Crippen molar-refractivity contribution in [2.24, 2.45) is 5.73 Å². The molecular formula is C17H20BrNO2. The van der Waals surface area contributed by atoms with Crippen molar-refractivity contribution in [2.45, 2.75) is 26.0 Å². The number of ether oxygens (including phenoxy) is 2. The Bertz CT molecular complexity index is 569. The van der Waals surface area contributed by atoms with Crippen molar-refractivity contribution in [3.8, 4) is 11.5 Å². The van der Waals surface area contributed by atoms with Crippen molar-refractivity contribution in [1.82, 2.24) is 0 Å². The molecule has 112 valence electrons. The van der Waals surface area contributed by atoms with E-state index >= 15 is 0 Å². The van der Waals surface area contributed by atoms with Crippen LogP contribution in [-0.4, -0.2) is 12.6 Å². The second kappa shape index (κ2) is 7.48. The molecule has 0 radical (unpaired) electrons. The van der Waals surface area contributed by atoms with Gasteiger partial charge in [-0.2, -0.15) is 0 Å². The Morgan fingerprint density at radius 3 is 2.33 bits per heavy atom. The minimum Gasteiger partial charge on any atom is -0.494 e. The third kappa shape index (κ3) is 4.48. The number of benzene rings is 2. The summed E-state index contributed by atoms with van der Waals surface area (Å²) in [5, 5.41) is 0. The summed E-state index contributed by atoms with van der Waals surface area (Å²) in [5.74, 6) is 1.62. The first kappa shape index (κ1) is 15.9. The Kier molecular flexibility index (Phi) is 5.65. The molecule has 0 aromatic heterocycles. The van der Waals surface area contributed by atoms with Gasteiger partial charge in [-0.05, 0) is 55.8 Å². The predicted octanol–water partition coefficient (Wildman–Crippen LogP) is 4.32. The molecule has 2 unspecified atom stereocenters. The second-order valence-corrected chi connectivity index (χ2v) is 5.77. The first-order valence-electron chi connectivity index (χ1n) is 7.00. The second-order valence-electron chi connectivity index (χ2n) is 4.86. The molecule has 0 bridgehead atoms. The van der Waals surface area contributed by atoms with Crippen LogP contribution in [0.25, 0.3) is 0 Å². The van der Waals surface area contributed by atoms with E-state index in [1.807, 2.05) is 62.4 Å². The molecule has 2 aromatic carbocycles. The maximum atomic E-state index is 6.08. The molecule has 2 aromatic rings. The van der Waals surface area contributed by atoms with Crippen LogP contribution in [0.15, 0.2) is 53.0 Å². The Hall–Kier alpha value is -1.52. The molecule has 3 nitrogen and oxygen atoms in total. The topological polar surface area (TPSA) is 44.5 Å². The van der Waals surface area contributed by atoms with Crippen LogP contribution < -0.4 is 15.2 Å². The van der Waals surface area contributed by atoms with E-state index in [0.717, 1.165) is 21.5 Å². The molecule has 21 heavy (non-hydrogen) atoms. The Balaban J connectivity index is 2.16. The largest absolute Gasteiger partial charge is 0.494 e. The van der Waals surface area contributed by atoms with Crippen molar-refractivity contribution in [3.63, 3.8) is 0 Å². The van der Waals surface area contributed by atoms with Crippen LogP contribution in [0.1, 0.15) is 25.5 Å². The highest BCUT2D eigenvalue weighted by Crippen LogP contribution is 2.27. The Morgan fingerprint density at radius 2 is 1.76 bits per heavy atom. The standard InChI is InChI=1S/C17H20BrNO2/c1-3-20-15-7-9-16(10-8-15)21-17(12(2)19)13-5-4-6-14(18)11-13/h4-12,17H,3,19H2,1-2H3. The molecule has 2 rings (SSSR count). The van der Waals surface area contributed by atoms with E-state index in [4.69, 9.17) is 15.2 Å². The van der Waals surface area contributed by atoms with Crippen LogP contribution in [0.3, 0.4) is 0 Å². The van der Waals surface area contributed by atoms with E-state index in [9.17, 15) is 0 Å². The van der Waals surface area contributed by atoms with E-state index < -0.39 is 0 Å². The maximum absolute atomic E-state index is 6.08. The highest BCUT2D eigenvalue weighted by Gasteiger charge is 2.18. The fraction of sp³-hybridized carbons (Fsp3) is 0.294. The summed E-state index contributed by atoms with van der Waals surface area (Å²) in [5.41, 5.74) is 7.13. The minimum absolute atomic E-state index is 0.120. The summed E-state index contributed by atoms with van der Waals surface area (Å²) in [7, 11) is 0. The van der Waals surface area contributed by atoms with Gasteiger partial charge in [0.15, 0.2) is 0 Å². The average Bonchev–Trinajstić information content (AvgIpc) is 2.46. The van der Waals surface area contributed by atoms with E-state index in [-0.39, 0.29) is 12.1 Å². The van der Waals surface area contributed by atoms with Gasteiger partial charge < -0.3 is 15.2 Å². The highest BCUT2D eigenvalue weighted by atomic mass is 79.9. The Labute approximate surface area is 134 Å². The lowest BCUT2D eigenvalue weighted by molar-refractivity contribution is 0.180. The van der Waals surface area contributed by atoms with Crippen LogP contribution >= 0.6 is 15.9 Å². The minimum atomic E-state index is -0.194. The van der Waals surface area contributed by atoms with Gasteiger partial charge in [0.25, 0.3) is 0 Å². The van der Waals surface area contributed by atoms with Crippen molar-refractivity contribution in [1.29, 1.82) is 0 Å². The smallest absolute Gasteiger partial charge is 0.138 e. The van der Waals surface area contributed by atoms with E-state index in [2.05, 4.69) is 15.9 Å². The normalized spacial score (nSPS) is 13.5. The fourth-order valence-electron chi connectivity index (χ4n) is 2.09. The van der Waals surface area contributed by atoms with Gasteiger partial charge in [-0.15, -0.1) is 0 Å². The molecule has 2 atom stereocenters. The third-order valence-electron chi connectivity index (χ3n) is 3.05. The first-order valence-corrected chi connectivity index (χ1v) is 7.80. The molecule has 0 spiro atoms. The van der Waals surface area contributed by atoms with Crippen molar-refractivity contribution >= 4 is 15.9 Å². The number of nitrogens with two attached hydrogens (primary N) is 1. The lowest BCUT2D eigenvalue weighted by atomic mass is 10.0. The zero-order valence-corrected chi connectivity index (χ0v) is 13.8. The van der Waals surface area contributed by atoms with Crippen molar-refractivity contribution < 1.29 is 9.47 Å². The number of hydrogen-bond donors (Lipinski definition) is 1. The molecule has 0 fully saturated rings. The zero-order valence-electron chi connectivity index (χ0n) is 12.3. The summed E-state index contributed by atoms with van der Waals surface area (Å²) in [4.78, 5) is 0. The molecule has 0 aliphatic heterocycles. The molecule has 0 aliphatic rings. The molecule has 4 heteroatoms. The molecular weight excluding hydrogens is 330 g/mol. The molecule has 0 aliphatic carbocycles. The first-order chi connectivity index (χ1) is 10.1. The van der Waals surface area contributed by atoms with Crippen LogP contribution in [0.5, 0.6) is 11.5 Å². The summed E-state index contributed by atoms with van der Waals surface area (Å²) in [6.45, 7) is 4.56. The lowest BCUT2D eigenvalue weighted by Gasteiger charge is -2.23. The van der Waals surface area contributed by atoms with Gasteiger partial charge in [0.1, 0.15) is 17.6 Å². The molecule has 0 saturated heterocycles. The van der Waals surface area contributed by atoms with Crippen molar-refractivity contribution in [3.05, 3.63) is 58.6 Å². The van der Waals surface area contributed by atoms with Gasteiger partial charge in [0, 0.05) is 10.5 Å². The summed E-state index contributed by atoms with van der Waals surface area (Å²) in [6.07, 6.45) is -0.194. The maximum Gasteiger partial charge on any atom is 0.138 e. The van der Waals surface area contributed by atoms with Gasteiger partial charge in [0.2, 0.25) is 0 Å². The van der Waals surface area contributed by atoms with Gasteiger partial charge in [0.05, 0.1) is 6.61 Å². The molecule has 0 heterocycles. The predicted molar refractivity (Wildman–Crippen MR) is 88.8 cm³/mol. The average molecular weight is 350 g/mol. The quantitative estimate of drug-likeness (QED) is 0.844. The van der Waals surface area contributed by atoms with Gasteiger partial charge in [-0.3, -0.25) is 0 Å². The van der Waals surface area contributed by atoms with Gasteiger partial charge in [-0.25, -0.2) is 0 Å². The van der Waals surface area contributed by atoms with Crippen LogP contribution in [0.2, 0.25) is 0 Å². The van der Waals surface area contributed by atoms with Gasteiger partial charge >= 0.3 is 0 Å². The van der Waals surface area contributed by atoms with E-state index in [0.29, 0.717) is 6.61 Å². The Morgan fingerprint density at radius 1 is 1.10 bits per heavy atom. The van der Waals surface area contributed by atoms with Crippen molar-refractivity contribution in [2.75, 3.05) is 6.61 Å². The summed E-state index contributed by atoms with van der Waals surface area (Å²) >= 11 is 3.48. The molecule has 2 N–H and O–H groups in total. The van der Waals surface area contributed by atoms with Crippen LogP contribution in [0, 0.1) is 0 Å². The fourth-order valence-corrected chi connectivity index (χ4v) is 2.51. The van der Waals surface area contributed by atoms with E-state index in [1.54, 1.807) is 0 Å². The van der Waals surface area contributed by atoms with Crippen LogP contribution in [-0.2, 0) is 0 Å². The lowest BCUT2D eigenvalue weighted by Crippen LogP contribution is -2.29. The third-order valence-corrected chi connectivity index (χ3v) is 3.55. The monoisotopic (exact) mass is 349 g/mol. The zero-order chi connectivity index (χ0) is 15.2. The summed E-state index contributed by atoms with van der Waals surface area (Å²) in [6, 6.07) is 15.5. The molecule has 0 amide bonds. The number of rotatable bonds is 6. The SMILES string of the molecule is CCOc1ccc(OC(c2cccc(Br)c2)C(C)N)cc1.